The summed E-state index contributed by atoms with van der Waals surface area (Å²) in [6.45, 7) is 28.3. The van der Waals surface area contributed by atoms with Crippen LogP contribution in [0.2, 0.25) is 10.3 Å². The van der Waals surface area contributed by atoms with E-state index in [0.717, 1.165) is 269 Å². The van der Waals surface area contributed by atoms with Gasteiger partial charge in [-0.2, -0.15) is 0 Å². The molecule has 0 bridgehead atoms. The van der Waals surface area contributed by atoms with Gasteiger partial charge in [-0.1, -0.05) is 120 Å². The fourth-order valence-corrected chi connectivity index (χ4v) is 25.8. The van der Waals surface area contributed by atoms with Gasteiger partial charge in [0.1, 0.15) is 45.2 Å². The number of likely N-dealkylation sites (tertiary alicyclic amines) is 5. The van der Waals surface area contributed by atoms with Gasteiger partial charge >= 0.3 is 0 Å². The zero-order chi connectivity index (χ0) is 101. The summed E-state index contributed by atoms with van der Waals surface area (Å²) in [6.07, 6.45) is 23.2. The first-order valence-electron chi connectivity index (χ1n) is 55.4. The fraction of sp³-hybridized carbons (Fsp3) is 0.438. The summed E-state index contributed by atoms with van der Waals surface area (Å²) in [4.78, 5) is 60.5. The first kappa shape index (κ1) is 101. The smallest absolute Gasteiger partial charge is 0.212 e. The predicted octanol–water partition coefficient (Wildman–Crippen LogP) is 20.7. The highest BCUT2D eigenvalue weighted by atomic mass is 35.5. The molecule has 20 heterocycles. The number of nitrogens with zero attached hydrogens (tertiary/aromatic N) is 20. The van der Waals surface area contributed by atoms with Gasteiger partial charge in [0.2, 0.25) is 5.88 Å². The zero-order valence-electron chi connectivity index (χ0n) is 87.1. The number of hydrogen-bond acceptors (Lipinski definition) is 22. The van der Waals surface area contributed by atoms with Crippen molar-refractivity contribution in [3.63, 3.8) is 0 Å². The molecule has 10 aromatic heterocycles. The molecule has 0 unspecified atom stereocenters. The van der Waals surface area contributed by atoms with E-state index in [2.05, 4.69) is 294 Å². The molecule has 5 N–H and O–H groups in total. The molecule has 10 aliphatic heterocycles. The van der Waals surface area contributed by atoms with Crippen LogP contribution >= 0.6 is 23.2 Å². The second-order valence-corrected chi connectivity index (χ2v) is 43.8. The molecule has 27 nitrogen and oxygen atoms in total. The van der Waals surface area contributed by atoms with Crippen LogP contribution < -0.4 is 36.1 Å². The van der Waals surface area contributed by atoms with E-state index in [0.29, 0.717) is 76.0 Å². The highest BCUT2D eigenvalue weighted by Crippen LogP contribution is 2.43. The van der Waals surface area contributed by atoms with Crippen molar-refractivity contribution in [1.29, 1.82) is 0 Å². The van der Waals surface area contributed by atoms with Crippen LogP contribution in [0.3, 0.4) is 0 Å². The Morgan fingerprint density at radius 3 is 1.03 bits per heavy atom. The van der Waals surface area contributed by atoms with Crippen molar-refractivity contribution in [2.75, 3.05) is 145 Å². The maximum Gasteiger partial charge on any atom is 0.212 e. The molecule has 0 spiro atoms. The van der Waals surface area contributed by atoms with Crippen LogP contribution in [0.1, 0.15) is 219 Å². The number of hydrogen-bond donors (Lipinski definition) is 5. The number of piperidine rings is 5. The molecular weight excluding hydrogens is 1910 g/mol. The summed E-state index contributed by atoms with van der Waals surface area (Å²) >= 11 is 12.8. The second kappa shape index (κ2) is 47.4. The molecule has 17 aromatic rings. The summed E-state index contributed by atoms with van der Waals surface area (Å²) in [5.41, 5.74) is 21.2. The van der Waals surface area contributed by atoms with E-state index in [1.165, 1.54) is 137 Å². The van der Waals surface area contributed by atoms with Crippen LogP contribution in [0.25, 0.3) is 77.0 Å². The number of aromatic nitrogens is 15. The Morgan fingerprint density at radius 1 is 0.287 bits per heavy atom. The van der Waals surface area contributed by atoms with E-state index in [4.69, 9.17) is 57.6 Å². The Morgan fingerprint density at radius 2 is 0.660 bits per heavy atom. The number of imidazole rings is 5. The molecule has 5 atom stereocenters. The SMILES string of the molecule is COc1ccc(CN2CCC(n3c([C@@H]4CCNC4)nc4ccccc43)CC2)cn1.COc1ccc2nc(Cl)c(CN3CCC(n4c([C@@H]5CCNC5)nc5ccccc54)CC3)cc2c1.Cc1cccc(CN2CCC(n3c([C@@H]4CCNC4)nc4ccccc43)CC2)n1.Clc1ncccc1CN1CCC(n2c([C@@H]3CCNC3)nc3ccccc32)CC1.c1ccc2ncc(CN3CCC(n4c([C@@H]5CCNC5)nc5ccccc54)CC3)cc2c1. The molecular formula is C121H143Cl2N25O2. The number of para-hydroxylation sites is 11. The molecule has 0 aliphatic carbocycles. The van der Waals surface area contributed by atoms with Crippen LogP contribution in [0, 0.1) is 6.92 Å². The van der Waals surface area contributed by atoms with E-state index in [9.17, 15) is 0 Å². The van der Waals surface area contributed by atoms with Crippen LogP contribution in [-0.2, 0) is 32.7 Å². The average molecular weight is 2050 g/mol. The van der Waals surface area contributed by atoms with Gasteiger partial charge in [-0.3, -0.25) is 34.5 Å². The standard InChI is InChI=1S/C27H30ClN5O.C26H29N5.C23H29N5O.C23H29N5.C22H26ClN5/c1-34-22-6-7-23-19(15-22)14-20(26(28)30-23)17-32-12-9-21(10-13-32)33-25-5-3-2-4-24(25)31-27(33)18-8-11-29-16-18;1-2-6-23-20(5-1)15-19(16-28-23)18-30-13-10-22(11-14-30)31-25-8-4-3-7-24(25)29-26(31)21-9-12-27-17-21;1-29-22-7-6-17(14-25-22)16-27-12-9-19(10-13-27)28-21-5-3-2-4-20(21)26-23(28)18-8-11-24-15-18;1-17-5-4-6-19(25-17)16-27-13-10-20(11-14-27)28-22-8-3-2-7-21(22)26-23(28)18-9-12-24-15-18;23-21-17(4-3-10-25-21)15-27-12-8-18(9-13-27)28-20-6-2-1-5-19(20)26-22(28)16-7-11-24-14-16/h2-7,14-15,18,21,29H,8-13,16-17H2,1H3;1-8,15-16,21-22,27H,9-14,17-18H2;2-7,14,18-19,24H,8-13,15-16H2,1H3;2-8,18,20,24H,9-16H2,1H3;1-6,10,16,18,24H,7-9,11-15H2/t18-;21-;2*18-;16-/m11111/s1. The monoisotopic (exact) mass is 2050 g/mol. The van der Waals surface area contributed by atoms with E-state index < -0.39 is 0 Å². The summed E-state index contributed by atoms with van der Waals surface area (Å²) in [5.74, 6) is 10.6. The number of benzene rings is 7. The van der Waals surface area contributed by atoms with Gasteiger partial charge in [-0.25, -0.2) is 39.9 Å². The Labute approximate surface area is 890 Å². The fourth-order valence-electron chi connectivity index (χ4n) is 25.4. The summed E-state index contributed by atoms with van der Waals surface area (Å²) in [6, 6.07) is 79.0. The van der Waals surface area contributed by atoms with Crippen molar-refractivity contribution in [1.82, 2.24) is 124 Å². The molecule has 0 saturated carbocycles. The Kier molecular flexibility index (Phi) is 32.0. The topological polar surface area (TPSA) is 248 Å². The third-order valence-electron chi connectivity index (χ3n) is 33.3. The highest BCUT2D eigenvalue weighted by molar-refractivity contribution is 6.30. The predicted molar refractivity (Wildman–Crippen MR) is 602 cm³/mol. The van der Waals surface area contributed by atoms with Crippen molar-refractivity contribution >= 4 is 100 Å². The zero-order valence-corrected chi connectivity index (χ0v) is 88.6. The summed E-state index contributed by atoms with van der Waals surface area (Å²) in [5, 5.41) is 21.1. The molecule has 29 heteroatoms. The number of nitrogens with one attached hydrogen (secondary N) is 5. The summed E-state index contributed by atoms with van der Waals surface area (Å²) in [7, 11) is 3.34. The van der Waals surface area contributed by atoms with Gasteiger partial charge in [0.25, 0.3) is 0 Å². The summed E-state index contributed by atoms with van der Waals surface area (Å²) < 4.78 is 23.4. The minimum absolute atomic E-state index is 0.480. The quantitative estimate of drug-likeness (QED) is 0.0396. The number of aryl methyl sites for hydroxylation is 1. The minimum Gasteiger partial charge on any atom is -0.497 e. The lowest BCUT2D eigenvalue weighted by atomic mass is 10.0. The van der Waals surface area contributed by atoms with E-state index >= 15 is 0 Å². The molecule has 0 radical (unpaired) electrons. The van der Waals surface area contributed by atoms with Crippen LogP contribution in [0.4, 0.5) is 0 Å². The highest BCUT2D eigenvalue weighted by Gasteiger charge is 2.37. The van der Waals surface area contributed by atoms with Gasteiger partial charge < -0.3 is 58.9 Å². The van der Waals surface area contributed by atoms with E-state index in [-0.39, 0.29) is 0 Å². The van der Waals surface area contributed by atoms with E-state index in [1.54, 1.807) is 20.4 Å². The number of halogens is 2. The van der Waals surface area contributed by atoms with Crippen molar-refractivity contribution in [2.24, 2.45) is 0 Å². The number of pyridine rings is 5. The minimum atomic E-state index is 0.480. The second-order valence-electron chi connectivity index (χ2n) is 43.1. The van der Waals surface area contributed by atoms with Crippen LogP contribution in [-0.4, -0.2) is 242 Å². The number of methoxy groups -OCH3 is 2. The Bertz CT molecular complexity index is 7400. The molecule has 778 valence electrons. The van der Waals surface area contributed by atoms with Crippen molar-refractivity contribution in [3.05, 3.63) is 310 Å². The Balaban J connectivity index is 0.000000103. The normalized spacial score (nSPS) is 20.9. The molecule has 10 saturated heterocycles. The lowest BCUT2D eigenvalue weighted by molar-refractivity contribution is 0.177. The van der Waals surface area contributed by atoms with Crippen LogP contribution in [0.15, 0.2) is 237 Å². The van der Waals surface area contributed by atoms with Crippen molar-refractivity contribution in [2.45, 2.75) is 196 Å². The van der Waals surface area contributed by atoms with Gasteiger partial charge in [-0.15, -0.1) is 0 Å². The van der Waals surface area contributed by atoms with Gasteiger partial charge in [0.15, 0.2) is 0 Å². The third-order valence-corrected chi connectivity index (χ3v) is 34.0. The first-order valence-corrected chi connectivity index (χ1v) is 56.2. The molecule has 27 rings (SSSR count). The first-order chi connectivity index (χ1) is 73.9. The Hall–Kier alpha value is -12.1. The van der Waals surface area contributed by atoms with Gasteiger partial charge in [-0.05, 0) is 262 Å². The largest absolute Gasteiger partial charge is 0.497 e. The average Bonchev–Trinajstić information content (AvgIpc) is 1.64. The number of ether oxygens (including phenoxy) is 2. The van der Waals surface area contributed by atoms with Gasteiger partial charge in [0.05, 0.1) is 86.1 Å². The van der Waals surface area contributed by atoms with E-state index in [1.807, 2.05) is 42.7 Å². The number of fused-ring (bicyclic) bond motifs is 7. The lowest BCUT2D eigenvalue weighted by Gasteiger charge is -2.34. The molecule has 150 heavy (non-hydrogen) atoms. The molecule has 10 fully saturated rings. The third kappa shape index (κ3) is 23.0. The van der Waals surface area contributed by atoms with Crippen molar-refractivity contribution in [3.8, 4) is 11.6 Å². The van der Waals surface area contributed by atoms with Crippen molar-refractivity contribution < 1.29 is 9.47 Å². The maximum atomic E-state index is 6.58. The lowest BCUT2D eigenvalue weighted by Crippen LogP contribution is -2.35. The van der Waals surface area contributed by atoms with Crippen LogP contribution in [0.5, 0.6) is 11.6 Å². The number of rotatable bonds is 22. The molecule has 7 aromatic carbocycles. The maximum absolute atomic E-state index is 6.58. The van der Waals surface area contributed by atoms with Gasteiger partial charge in [0, 0.05) is 243 Å². The molecule has 10 aliphatic rings. The molecule has 0 amide bonds.